The fourth-order valence-corrected chi connectivity index (χ4v) is 1.87. The number of imide groups is 1. The molecule has 3 amide bonds. The van der Waals surface area contributed by atoms with E-state index in [2.05, 4.69) is 10.1 Å². The van der Waals surface area contributed by atoms with Gasteiger partial charge in [0.2, 0.25) is 0 Å². The number of hydrogen-bond acceptors (Lipinski definition) is 6. The van der Waals surface area contributed by atoms with Gasteiger partial charge >= 0.3 is 5.97 Å². The Bertz CT molecular complexity index is 782. The molecular weight excluding hydrogens is 328 g/mol. The number of carbonyl (C=O) groups is 4. The number of nitrogens with one attached hydrogen (secondary N) is 2. The molecule has 8 nitrogen and oxygen atoms in total. The predicted octanol–water partition coefficient (Wildman–Crippen LogP) is 0.818. The van der Waals surface area contributed by atoms with Crippen molar-refractivity contribution in [3.63, 3.8) is 0 Å². The summed E-state index contributed by atoms with van der Waals surface area (Å²) in [6, 6.07) is 9.73. The van der Waals surface area contributed by atoms with Gasteiger partial charge in [-0.05, 0) is 31.2 Å². The molecule has 0 bridgehead atoms. The number of hydrogen-bond donors (Lipinski definition) is 2. The Morgan fingerprint density at radius 2 is 1.88 bits per heavy atom. The Morgan fingerprint density at radius 3 is 2.56 bits per heavy atom. The zero-order valence-corrected chi connectivity index (χ0v) is 13.4. The van der Waals surface area contributed by atoms with Crippen LogP contribution >= 0.6 is 0 Å². The molecule has 130 valence electrons. The highest BCUT2D eigenvalue weighted by atomic mass is 16.5. The van der Waals surface area contributed by atoms with Gasteiger partial charge in [0.1, 0.15) is 6.54 Å². The zero-order chi connectivity index (χ0) is 18.2. The van der Waals surface area contributed by atoms with Crippen LogP contribution in [0.5, 0.6) is 0 Å². The van der Waals surface area contributed by atoms with Gasteiger partial charge in [0.05, 0.1) is 6.26 Å². The van der Waals surface area contributed by atoms with Crippen molar-refractivity contribution in [1.82, 2.24) is 10.6 Å². The fourth-order valence-electron chi connectivity index (χ4n) is 1.87. The van der Waals surface area contributed by atoms with Gasteiger partial charge in [-0.25, -0.2) is 0 Å². The van der Waals surface area contributed by atoms with E-state index < -0.39 is 36.8 Å². The van der Waals surface area contributed by atoms with Gasteiger partial charge in [-0.15, -0.1) is 0 Å². The molecule has 0 aliphatic heterocycles. The molecule has 0 aliphatic carbocycles. The first-order valence-electron chi connectivity index (χ1n) is 7.34. The molecule has 0 radical (unpaired) electrons. The lowest BCUT2D eigenvalue weighted by molar-refractivity contribution is -0.147. The summed E-state index contributed by atoms with van der Waals surface area (Å²) in [4.78, 5) is 46.5. The van der Waals surface area contributed by atoms with Crippen molar-refractivity contribution in [2.45, 2.75) is 6.92 Å². The van der Waals surface area contributed by atoms with Crippen LogP contribution < -0.4 is 10.6 Å². The van der Waals surface area contributed by atoms with Gasteiger partial charge in [0.15, 0.2) is 12.4 Å². The summed E-state index contributed by atoms with van der Waals surface area (Å²) in [6.45, 7) is 0.797. The van der Waals surface area contributed by atoms with Crippen molar-refractivity contribution in [2.24, 2.45) is 0 Å². The second-order valence-electron chi connectivity index (χ2n) is 5.07. The van der Waals surface area contributed by atoms with Crippen LogP contribution in [0.3, 0.4) is 0 Å². The average molecular weight is 344 g/mol. The second kappa shape index (κ2) is 8.44. The number of rotatable bonds is 6. The fraction of sp³-hybridized carbons (Fsp3) is 0.176. The standard InChI is InChI=1S/C17H16N2O6/c1-11-4-2-5-12(8-11)16(22)18-9-15(21)25-10-14(20)19-17(23)13-6-3-7-24-13/h2-8H,9-10H2,1H3,(H,18,22)(H,19,20,23). The summed E-state index contributed by atoms with van der Waals surface area (Å²) >= 11 is 0. The van der Waals surface area contributed by atoms with E-state index in [1.165, 1.54) is 18.4 Å². The smallest absolute Gasteiger partial charge is 0.325 e. The molecule has 0 saturated heterocycles. The SMILES string of the molecule is Cc1cccc(C(=O)NCC(=O)OCC(=O)NC(=O)c2ccco2)c1. The van der Waals surface area contributed by atoms with E-state index in [1.807, 2.05) is 18.3 Å². The number of ether oxygens (including phenoxy) is 1. The highest BCUT2D eigenvalue weighted by Crippen LogP contribution is 2.03. The first kappa shape index (κ1) is 17.9. The normalized spacial score (nSPS) is 9.96. The zero-order valence-electron chi connectivity index (χ0n) is 13.4. The lowest BCUT2D eigenvalue weighted by Gasteiger charge is -2.07. The minimum atomic E-state index is -0.806. The third-order valence-electron chi connectivity index (χ3n) is 3.04. The Morgan fingerprint density at radius 1 is 1.08 bits per heavy atom. The molecule has 1 aromatic heterocycles. The van der Waals surface area contributed by atoms with E-state index in [4.69, 9.17) is 4.42 Å². The molecule has 0 fully saturated rings. The number of furan rings is 1. The Kier molecular flexibility index (Phi) is 6.05. The molecule has 0 atom stereocenters. The first-order valence-corrected chi connectivity index (χ1v) is 7.34. The molecular formula is C17H16N2O6. The molecule has 2 rings (SSSR count). The van der Waals surface area contributed by atoms with Gasteiger partial charge in [-0.3, -0.25) is 24.5 Å². The molecule has 0 spiro atoms. The lowest BCUT2D eigenvalue weighted by Crippen LogP contribution is -2.36. The summed E-state index contributed by atoms with van der Waals surface area (Å²) in [7, 11) is 0. The maximum Gasteiger partial charge on any atom is 0.325 e. The summed E-state index contributed by atoms with van der Waals surface area (Å²) in [5.41, 5.74) is 1.32. The maximum absolute atomic E-state index is 11.9. The molecule has 0 saturated carbocycles. The molecule has 0 aliphatic rings. The monoisotopic (exact) mass is 344 g/mol. The van der Waals surface area contributed by atoms with Crippen molar-refractivity contribution in [3.05, 3.63) is 59.5 Å². The van der Waals surface area contributed by atoms with E-state index in [1.54, 1.807) is 18.2 Å². The van der Waals surface area contributed by atoms with Crippen LogP contribution in [-0.4, -0.2) is 36.8 Å². The molecule has 0 unspecified atom stereocenters. The van der Waals surface area contributed by atoms with E-state index in [0.29, 0.717) is 5.56 Å². The van der Waals surface area contributed by atoms with E-state index in [9.17, 15) is 19.2 Å². The van der Waals surface area contributed by atoms with E-state index in [-0.39, 0.29) is 5.76 Å². The Hall–Kier alpha value is -3.42. The van der Waals surface area contributed by atoms with Crippen molar-refractivity contribution in [2.75, 3.05) is 13.2 Å². The van der Waals surface area contributed by atoms with Crippen molar-refractivity contribution >= 4 is 23.7 Å². The van der Waals surface area contributed by atoms with Crippen molar-refractivity contribution < 1.29 is 28.3 Å². The quantitative estimate of drug-likeness (QED) is 0.750. The number of aryl methyl sites for hydroxylation is 1. The van der Waals surface area contributed by atoms with Gasteiger partial charge in [0.25, 0.3) is 17.7 Å². The third kappa shape index (κ3) is 5.61. The van der Waals surface area contributed by atoms with Crippen molar-refractivity contribution in [3.8, 4) is 0 Å². The molecule has 2 aromatic rings. The van der Waals surface area contributed by atoms with Crippen LogP contribution in [-0.2, 0) is 14.3 Å². The Labute approximate surface area is 143 Å². The molecule has 8 heteroatoms. The van der Waals surface area contributed by atoms with Gasteiger partial charge in [0, 0.05) is 5.56 Å². The predicted molar refractivity (Wildman–Crippen MR) is 85.7 cm³/mol. The molecule has 1 heterocycles. The van der Waals surface area contributed by atoms with E-state index >= 15 is 0 Å². The van der Waals surface area contributed by atoms with Crippen LogP contribution in [0.4, 0.5) is 0 Å². The van der Waals surface area contributed by atoms with Crippen LogP contribution in [0.2, 0.25) is 0 Å². The minimum Gasteiger partial charge on any atom is -0.459 e. The van der Waals surface area contributed by atoms with Crippen molar-refractivity contribution in [1.29, 1.82) is 0 Å². The van der Waals surface area contributed by atoms with Gasteiger partial charge in [-0.1, -0.05) is 17.7 Å². The lowest BCUT2D eigenvalue weighted by atomic mass is 10.1. The van der Waals surface area contributed by atoms with E-state index in [0.717, 1.165) is 5.56 Å². The number of amides is 3. The summed E-state index contributed by atoms with van der Waals surface area (Å²) in [5, 5.41) is 4.38. The first-order chi connectivity index (χ1) is 12.0. The number of esters is 1. The van der Waals surface area contributed by atoms with Crippen LogP contribution in [0.1, 0.15) is 26.5 Å². The highest BCUT2D eigenvalue weighted by Gasteiger charge is 2.15. The molecule has 1 aromatic carbocycles. The molecule has 2 N–H and O–H groups in total. The topological polar surface area (TPSA) is 115 Å². The summed E-state index contributed by atoms with van der Waals surface area (Å²) < 4.78 is 9.50. The number of benzene rings is 1. The third-order valence-corrected chi connectivity index (χ3v) is 3.04. The number of carbonyl (C=O) groups excluding carboxylic acids is 4. The Balaban J connectivity index is 1.70. The highest BCUT2D eigenvalue weighted by molar-refractivity contribution is 6.03. The van der Waals surface area contributed by atoms with Crippen LogP contribution in [0.25, 0.3) is 0 Å². The minimum absolute atomic E-state index is 0.0369. The average Bonchev–Trinajstić information content (AvgIpc) is 3.12. The van der Waals surface area contributed by atoms with Gasteiger partial charge in [-0.2, -0.15) is 0 Å². The molecule has 25 heavy (non-hydrogen) atoms. The summed E-state index contributed by atoms with van der Waals surface area (Å²) in [5.74, 6) is -2.82. The van der Waals surface area contributed by atoms with Crippen LogP contribution in [0, 0.1) is 6.92 Å². The maximum atomic E-state index is 11.9. The van der Waals surface area contributed by atoms with Gasteiger partial charge < -0.3 is 14.5 Å². The summed E-state index contributed by atoms with van der Waals surface area (Å²) in [6.07, 6.45) is 1.29. The van der Waals surface area contributed by atoms with Crippen LogP contribution in [0.15, 0.2) is 47.1 Å². The largest absolute Gasteiger partial charge is 0.459 e. The second-order valence-corrected chi connectivity index (χ2v) is 5.07.